The highest BCUT2D eigenvalue weighted by molar-refractivity contribution is 5.92. The number of carboxylic acid groups (broad SMARTS) is 1. The fraction of sp³-hybridized carbons (Fsp3) is 0.357. The Hall–Kier alpha value is -2.57. The average molecular weight is 295 g/mol. The van der Waals surface area contributed by atoms with Crippen molar-refractivity contribution in [2.24, 2.45) is 0 Å². The first-order valence-corrected chi connectivity index (χ1v) is 6.41. The Morgan fingerprint density at radius 2 is 1.81 bits per heavy atom. The van der Waals surface area contributed by atoms with Crippen LogP contribution in [0.1, 0.15) is 19.8 Å². The molecule has 0 bridgehead atoms. The summed E-state index contributed by atoms with van der Waals surface area (Å²) in [6, 6.07) is 6.26. The van der Waals surface area contributed by atoms with Gasteiger partial charge in [-0.1, -0.05) is 0 Å². The molecule has 1 amide bonds. The molecule has 0 unspecified atom stereocenters. The molecule has 0 aromatic heterocycles. The molecule has 21 heavy (non-hydrogen) atoms. The molecule has 0 heterocycles. The van der Waals surface area contributed by atoms with E-state index < -0.39 is 18.5 Å². The van der Waals surface area contributed by atoms with Gasteiger partial charge in [0.2, 0.25) is 5.91 Å². The van der Waals surface area contributed by atoms with Gasteiger partial charge in [-0.05, 0) is 31.2 Å². The van der Waals surface area contributed by atoms with E-state index in [0.29, 0.717) is 11.4 Å². The summed E-state index contributed by atoms with van der Waals surface area (Å²) in [7, 11) is 0. The lowest BCUT2D eigenvalue weighted by molar-refractivity contribution is -0.144. The van der Waals surface area contributed by atoms with E-state index in [4.69, 9.17) is 14.6 Å². The third-order valence-electron chi connectivity index (χ3n) is 2.36. The normalized spacial score (nSPS) is 9.76. The van der Waals surface area contributed by atoms with Crippen LogP contribution in [0.15, 0.2) is 24.3 Å². The Morgan fingerprint density at radius 1 is 1.14 bits per heavy atom. The highest BCUT2D eigenvalue weighted by atomic mass is 16.5. The first-order chi connectivity index (χ1) is 10.0. The second-order valence-electron chi connectivity index (χ2n) is 4.06. The third-order valence-corrected chi connectivity index (χ3v) is 2.36. The van der Waals surface area contributed by atoms with Crippen molar-refractivity contribution >= 4 is 23.5 Å². The van der Waals surface area contributed by atoms with Gasteiger partial charge in [0.1, 0.15) is 5.75 Å². The van der Waals surface area contributed by atoms with Gasteiger partial charge >= 0.3 is 11.9 Å². The summed E-state index contributed by atoms with van der Waals surface area (Å²) in [5.41, 5.74) is 0.534. The van der Waals surface area contributed by atoms with E-state index >= 15 is 0 Å². The van der Waals surface area contributed by atoms with E-state index in [9.17, 15) is 14.4 Å². The number of ether oxygens (including phenoxy) is 2. The van der Waals surface area contributed by atoms with Crippen molar-refractivity contribution in [2.45, 2.75) is 19.8 Å². The number of hydrogen-bond donors (Lipinski definition) is 2. The van der Waals surface area contributed by atoms with E-state index in [1.165, 1.54) is 0 Å². The molecule has 0 aliphatic carbocycles. The fourth-order valence-corrected chi connectivity index (χ4v) is 1.45. The maximum absolute atomic E-state index is 11.6. The van der Waals surface area contributed by atoms with Crippen LogP contribution in [0.2, 0.25) is 0 Å². The van der Waals surface area contributed by atoms with Crippen LogP contribution in [-0.2, 0) is 19.1 Å². The third kappa shape index (κ3) is 6.95. The van der Waals surface area contributed by atoms with Crippen LogP contribution in [0.5, 0.6) is 5.75 Å². The number of rotatable bonds is 8. The van der Waals surface area contributed by atoms with E-state index in [0.717, 1.165) is 0 Å². The van der Waals surface area contributed by atoms with E-state index in [1.54, 1.807) is 31.2 Å². The molecular weight excluding hydrogens is 278 g/mol. The van der Waals surface area contributed by atoms with Crippen LogP contribution in [-0.4, -0.2) is 36.2 Å². The highest BCUT2D eigenvalue weighted by Crippen LogP contribution is 2.16. The van der Waals surface area contributed by atoms with Gasteiger partial charge in [-0.15, -0.1) is 0 Å². The zero-order valence-corrected chi connectivity index (χ0v) is 11.6. The van der Waals surface area contributed by atoms with E-state index in [2.05, 4.69) is 5.32 Å². The van der Waals surface area contributed by atoms with Gasteiger partial charge in [0.25, 0.3) is 0 Å². The summed E-state index contributed by atoms with van der Waals surface area (Å²) in [5.74, 6) is -1.39. The Bertz CT molecular complexity index is 497. The molecule has 0 aliphatic heterocycles. The number of amides is 1. The minimum absolute atomic E-state index is 0.0273. The van der Waals surface area contributed by atoms with E-state index in [1.807, 2.05) is 0 Å². The molecule has 7 nitrogen and oxygen atoms in total. The minimum atomic E-state index is -1.06. The van der Waals surface area contributed by atoms with E-state index in [-0.39, 0.29) is 25.4 Å². The topological polar surface area (TPSA) is 102 Å². The first-order valence-electron chi connectivity index (χ1n) is 6.41. The molecule has 7 heteroatoms. The number of carboxylic acids is 1. The molecule has 114 valence electrons. The second-order valence-corrected chi connectivity index (χ2v) is 4.06. The predicted octanol–water partition coefficient (Wildman–Crippen LogP) is 1.43. The number of benzene rings is 1. The Morgan fingerprint density at radius 3 is 2.38 bits per heavy atom. The molecular formula is C14H17NO6. The number of aliphatic carboxylic acids is 1. The van der Waals surface area contributed by atoms with Gasteiger partial charge in [0.15, 0.2) is 6.61 Å². The molecule has 0 fully saturated rings. The molecule has 0 radical (unpaired) electrons. The van der Waals surface area contributed by atoms with Crippen molar-refractivity contribution in [1.82, 2.24) is 0 Å². The fourth-order valence-electron chi connectivity index (χ4n) is 1.45. The number of carbonyl (C=O) groups is 3. The summed E-state index contributed by atoms with van der Waals surface area (Å²) >= 11 is 0. The molecule has 1 aromatic rings. The van der Waals surface area contributed by atoms with Crippen LogP contribution < -0.4 is 10.1 Å². The molecule has 0 spiro atoms. The number of anilines is 1. The first kappa shape index (κ1) is 16.5. The SMILES string of the molecule is CCOC(=O)CCC(=O)Nc1ccc(OCC(=O)O)cc1. The molecule has 0 saturated heterocycles. The van der Waals surface area contributed by atoms with Gasteiger partial charge in [0.05, 0.1) is 13.0 Å². The number of esters is 1. The van der Waals surface area contributed by atoms with Gasteiger partial charge in [-0.3, -0.25) is 9.59 Å². The van der Waals surface area contributed by atoms with Gasteiger partial charge in [-0.2, -0.15) is 0 Å². The number of carbonyl (C=O) groups excluding carboxylic acids is 2. The monoisotopic (exact) mass is 295 g/mol. The molecule has 0 saturated carbocycles. The lowest BCUT2D eigenvalue weighted by atomic mass is 10.2. The van der Waals surface area contributed by atoms with Crippen molar-refractivity contribution < 1.29 is 29.0 Å². The van der Waals surface area contributed by atoms with Crippen molar-refractivity contribution in [3.63, 3.8) is 0 Å². The molecule has 0 aliphatic rings. The quantitative estimate of drug-likeness (QED) is 0.703. The van der Waals surface area contributed by atoms with Crippen molar-refractivity contribution in [2.75, 3.05) is 18.5 Å². The van der Waals surface area contributed by atoms with Gasteiger partial charge in [0, 0.05) is 12.1 Å². The molecule has 2 N–H and O–H groups in total. The lowest BCUT2D eigenvalue weighted by Crippen LogP contribution is -2.14. The second kappa shape index (κ2) is 8.57. The van der Waals surface area contributed by atoms with Crippen molar-refractivity contribution in [3.8, 4) is 5.75 Å². The maximum Gasteiger partial charge on any atom is 0.341 e. The summed E-state index contributed by atoms with van der Waals surface area (Å²) in [4.78, 5) is 33.0. The minimum Gasteiger partial charge on any atom is -0.482 e. The summed E-state index contributed by atoms with van der Waals surface area (Å²) in [6.45, 7) is 1.56. The zero-order chi connectivity index (χ0) is 15.7. The Kier molecular flexibility index (Phi) is 6.73. The smallest absolute Gasteiger partial charge is 0.341 e. The summed E-state index contributed by atoms with van der Waals surface area (Å²) in [6.07, 6.45) is 0.0651. The van der Waals surface area contributed by atoms with Crippen LogP contribution in [0, 0.1) is 0 Å². The molecule has 0 atom stereocenters. The number of nitrogens with one attached hydrogen (secondary N) is 1. The molecule has 1 aromatic carbocycles. The summed E-state index contributed by atoms with van der Waals surface area (Å²) in [5, 5.41) is 11.1. The highest BCUT2D eigenvalue weighted by Gasteiger charge is 2.08. The van der Waals surface area contributed by atoms with Gasteiger partial charge in [-0.25, -0.2) is 4.79 Å². The largest absolute Gasteiger partial charge is 0.482 e. The zero-order valence-electron chi connectivity index (χ0n) is 11.6. The molecule has 1 rings (SSSR count). The standard InChI is InChI=1S/C14H17NO6/c1-2-20-14(19)8-7-12(16)15-10-3-5-11(6-4-10)21-9-13(17)18/h3-6H,2,7-9H2,1H3,(H,15,16)(H,17,18). The predicted molar refractivity (Wildman–Crippen MR) is 74.1 cm³/mol. The Balaban J connectivity index is 2.39. The van der Waals surface area contributed by atoms with Gasteiger partial charge < -0.3 is 19.9 Å². The summed E-state index contributed by atoms with van der Waals surface area (Å²) < 4.78 is 9.68. The Labute approximate surface area is 121 Å². The van der Waals surface area contributed by atoms with Crippen LogP contribution >= 0.6 is 0 Å². The maximum atomic E-state index is 11.6. The number of hydrogen-bond acceptors (Lipinski definition) is 5. The van der Waals surface area contributed by atoms with Crippen LogP contribution in [0.4, 0.5) is 5.69 Å². The van der Waals surface area contributed by atoms with Crippen molar-refractivity contribution in [3.05, 3.63) is 24.3 Å². The average Bonchev–Trinajstić information content (AvgIpc) is 2.45. The lowest BCUT2D eigenvalue weighted by Gasteiger charge is -2.07. The van der Waals surface area contributed by atoms with Crippen LogP contribution in [0.3, 0.4) is 0 Å². The van der Waals surface area contributed by atoms with Crippen molar-refractivity contribution in [1.29, 1.82) is 0 Å². The van der Waals surface area contributed by atoms with Crippen LogP contribution in [0.25, 0.3) is 0 Å².